The Morgan fingerprint density at radius 2 is 1.94 bits per heavy atom. The molecular weight excluding hydrogens is 214 g/mol. The zero-order chi connectivity index (χ0) is 13.0. The van der Waals surface area contributed by atoms with Crippen molar-refractivity contribution in [2.24, 2.45) is 5.73 Å². The monoisotopic (exact) mass is 237 g/mol. The van der Waals surface area contributed by atoms with Crippen molar-refractivity contribution >= 4 is 0 Å². The van der Waals surface area contributed by atoms with Gasteiger partial charge in [0.1, 0.15) is 0 Å². The SMILES string of the molecule is Cc1cccc(C(CN)OC(C)C(C)O)c1C. The molecule has 0 aliphatic rings. The van der Waals surface area contributed by atoms with Gasteiger partial charge in [0.2, 0.25) is 0 Å². The minimum atomic E-state index is -0.492. The number of ether oxygens (including phenoxy) is 1. The standard InChI is InChI=1S/C14H23NO2/c1-9-6-5-7-13(10(9)2)14(8-15)17-12(4)11(3)16/h5-7,11-12,14,16H,8,15H2,1-4H3. The predicted molar refractivity (Wildman–Crippen MR) is 69.9 cm³/mol. The first-order valence-electron chi connectivity index (χ1n) is 6.07. The highest BCUT2D eigenvalue weighted by atomic mass is 16.5. The Kier molecular flexibility index (Phi) is 5.12. The van der Waals surface area contributed by atoms with Crippen LogP contribution in [0.4, 0.5) is 0 Å². The highest BCUT2D eigenvalue weighted by molar-refractivity contribution is 5.34. The fourth-order valence-electron chi connectivity index (χ4n) is 1.75. The van der Waals surface area contributed by atoms with E-state index in [1.807, 2.05) is 19.1 Å². The average Bonchev–Trinajstić information content (AvgIpc) is 2.29. The topological polar surface area (TPSA) is 55.5 Å². The molecule has 1 aromatic rings. The van der Waals surface area contributed by atoms with Gasteiger partial charge in [0.15, 0.2) is 0 Å². The van der Waals surface area contributed by atoms with E-state index in [0.717, 1.165) is 5.56 Å². The van der Waals surface area contributed by atoms with Crippen LogP contribution in [0, 0.1) is 13.8 Å². The molecule has 0 spiro atoms. The zero-order valence-corrected chi connectivity index (χ0v) is 11.1. The van der Waals surface area contributed by atoms with Crippen molar-refractivity contribution in [2.45, 2.75) is 46.0 Å². The molecule has 1 rings (SSSR count). The molecule has 3 N–H and O–H groups in total. The zero-order valence-electron chi connectivity index (χ0n) is 11.1. The molecule has 0 amide bonds. The van der Waals surface area contributed by atoms with Crippen LogP contribution in [0.1, 0.15) is 36.6 Å². The Labute approximate surface area is 104 Å². The summed E-state index contributed by atoms with van der Waals surface area (Å²) in [6.45, 7) is 8.15. The van der Waals surface area contributed by atoms with E-state index < -0.39 is 6.10 Å². The van der Waals surface area contributed by atoms with Gasteiger partial charge in [-0.05, 0) is 44.4 Å². The van der Waals surface area contributed by atoms with Crippen molar-refractivity contribution in [3.8, 4) is 0 Å². The van der Waals surface area contributed by atoms with Gasteiger partial charge in [-0.25, -0.2) is 0 Å². The molecule has 17 heavy (non-hydrogen) atoms. The quantitative estimate of drug-likeness (QED) is 0.824. The fraction of sp³-hybridized carbons (Fsp3) is 0.571. The maximum atomic E-state index is 9.47. The molecule has 0 heterocycles. The normalized spacial score (nSPS) is 16.6. The second kappa shape index (κ2) is 6.15. The summed E-state index contributed by atoms with van der Waals surface area (Å²) in [4.78, 5) is 0. The van der Waals surface area contributed by atoms with Crippen molar-refractivity contribution in [1.82, 2.24) is 0 Å². The van der Waals surface area contributed by atoms with Gasteiger partial charge < -0.3 is 15.6 Å². The van der Waals surface area contributed by atoms with Gasteiger partial charge in [-0.15, -0.1) is 0 Å². The van der Waals surface area contributed by atoms with Crippen LogP contribution < -0.4 is 5.73 Å². The Balaban J connectivity index is 2.90. The minimum absolute atomic E-state index is 0.153. The van der Waals surface area contributed by atoms with Crippen LogP contribution in [-0.2, 0) is 4.74 Å². The summed E-state index contributed by atoms with van der Waals surface area (Å²) in [7, 11) is 0. The molecule has 0 aromatic heterocycles. The Morgan fingerprint density at radius 3 is 2.47 bits per heavy atom. The van der Waals surface area contributed by atoms with Crippen LogP contribution in [0.15, 0.2) is 18.2 Å². The number of nitrogens with two attached hydrogens (primary N) is 1. The van der Waals surface area contributed by atoms with Crippen LogP contribution >= 0.6 is 0 Å². The third kappa shape index (κ3) is 3.53. The third-order valence-corrected chi connectivity index (χ3v) is 3.27. The molecule has 3 heteroatoms. The van der Waals surface area contributed by atoms with Gasteiger partial charge in [0.05, 0.1) is 18.3 Å². The van der Waals surface area contributed by atoms with E-state index >= 15 is 0 Å². The van der Waals surface area contributed by atoms with Crippen LogP contribution in [-0.4, -0.2) is 23.9 Å². The van der Waals surface area contributed by atoms with E-state index in [0.29, 0.717) is 6.54 Å². The molecule has 3 atom stereocenters. The molecule has 3 unspecified atom stereocenters. The number of rotatable bonds is 5. The van der Waals surface area contributed by atoms with Gasteiger partial charge in [0, 0.05) is 6.54 Å². The molecule has 0 radical (unpaired) electrons. The van der Waals surface area contributed by atoms with Crippen molar-refractivity contribution < 1.29 is 9.84 Å². The molecule has 0 aliphatic heterocycles. The lowest BCUT2D eigenvalue weighted by Crippen LogP contribution is -2.28. The molecule has 0 bridgehead atoms. The second-order valence-electron chi connectivity index (χ2n) is 4.60. The number of aliphatic hydroxyl groups excluding tert-OH is 1. The Morgan fingerprint density at radius 1 is 1.29 bits per heavy atom. The first kappa shape index (κ1) is 14.2. The molecular formula is C14H23NO2. The number of hydrogen-bond donors (Lipinski definition) is 2. The van der Waals surface area contributed by atoms with E-state index in [1.165, 1.54) is 11.1 Å². The van der Waals surface area contributed by atoms with Crippen molar-refractivity contribution in [3.63, 3.8) is 0 Å². The number of benzene rings is 1. The Bertz CT molecular complexity index is 363. The third-order valence-electron chi connectivity index (χ3n) is 3.27. The van der Waals surface area contributed by atoms with Gasteiger partial charge in [-0.2, -0.15) is 0 Å². The van der Waals surface area contributed by atoms with Gasteiger partial charge in [-0.3, -0.25) is 0 Å². The lowest BCUT2D eigenvalue weighted by Gasteiger charge is -2.25. The molecule has 3 nitrogen and oxygen atoms in total. The highest BCUT2D eigenvalue weighted by Gasteiger charge is 2.19. The summed E-state index contributed by atoms with van der Waals surface area (Å²) < 4.78 is 5.81. The first-order valence-corrected chi connectivity index (χ1v) is 6.07. The summed E-state index contributed by atoms with van der Waals surface area (Å²) in [5, 5.41) is 9.47. The van der Waals surface area contributed by atoms with Crippen LogP contribution in [0.2, 0.25) is 0 Å². The molecule has 0 fully saturated rings. The number of hydrogen-bond acceptors (Lipinski definition) is 3. The summed E-state index contributed by atoms with van der Waals surface area (Å²) in [5.74, 6) is 0. The van der Waals surface area contributed by atoms with E-state index in [9.17, 15) is 5.11 Å². The summed E-state index contributed by atoms with van der Waals surface area (Å²) >= 11 is 0. The van der Waals surface area contributed by atoms with Crippen molar-refractivity contribution in [1.29, 1.82) is 0 Å². The van der Waals surface area contributed by atoms with Gasteiger partial charge in [-0.1, -0.05) is 18.2 Å². The van der Waals surface area contributed by atoms with Crippen molar-refractivity contribution in [3.05, 3.63) is 34.9 Å². The Hall–Kier alpha value is -0.900. The fourth-order valence-corrected chi connectivity index (χ4v) is 1.75. The van der Waals surface area contributed by atoms with E-state index in [1.54, 1.807) is 6.92 Å². The van der Waals surface area contributed by atoms with E-state index in [-0.39, 0.29) is 12.2 Å². The minimum Gasteiger partial charge on any atom is -0.391 e. The summed E-state index contributed by atoms with van der Waals surface area (Å²) in [6, 6.07) is 6.12. The van der Waals surface area contributed by atoms with Crippen molar-refractivity contribution in [2.75, 3.05) is 6.54 Å². The lowest BCUT2D eigenvalue weighted by molar-refractivity contribution is -0.0593. The molecule has 0 saturated carbocycles. The largest absolute Gasteiger partial charge is 0.391 e. The van der Waals surface area contributed by atoms with Crippen LogP contribution in [0.5, 0.6) is 0 Å². The number of aryl methyl sites for hydroxylation is 1. The highest BCUT2D eigenvalue weighted by Crippen LogP contribution is 2.24. The van der Waals surface area contributed by atoms with Gasteiger partial charge >= 0.3 is 0 Å². The molecule has 1 aromatic carbocycles. The smallest absolute Gasteiger partial charge is 0.0954 e. The van der Waals surface area contributed by atoms with E-state index in [4.69, 9.17) is 10.5 Å². The lowest BCUT2D eigenvalue weighted by atomic mass is 9.99. The molecule has 0 aliphatic carbocycles. The summed E-state index contributed by atoms with van der Waals surface area (Å²) in [6.07, 6.45) is -0.864. The van der Waals surface area contributed by atoms with Crippen LogP contribution in [0.25, 0.3) is 0 Å². The average molecular weight is 237 g/mol. The molecule has 0 saturated heterocycles. The number of aliphatic hydroxyl groups is 1. The summed E-state index contributed by atoms with van der Waals surface area (Å²) in [5.41, 5.74) is 9.32. The maximum absolute atomic E-state index is 9.47. The predicted octanol–water partition coefficient (Wildman–Crippen LogP) is 2.09. The van der Waals surface area contributed by atoms with Gasteiger partial charge in [0.25, 0.3) is 0 Å². The van der Waals surface area contributed by atoms with Crippen LogP contribution in [0.3, 0.4) is 0 Å². The second-order valence-corrected chi connectivity index (χ2v) is 4.60. The molecule has 96 valence electrons. The first-order chi connectivity index (χ1) is 7.97. The maximum Gasteiger partial charge on any atom is 0.0954 e. The van der Waals surface area contributed by atoms with E-state index in [2.05, 4.69) is 19.9 Å².